The lowest BCUT2D eigenvalue weighted by molar-refractivity contribution is 0.523. The van der Waals surface area contributed by atoms with Gasteiger partial charge in [0.1, 0.15) is 0 Å². The molecule has 514 valence electrons. The van der Waals surface area contributed by atoms with Crippen molar-refractivity contribution in [3.8, 4) is 44.5 Å². The first-order chi connectivity index (χ1) is 51.3. The molecular formula is C100H88B2N4. The monoisotopic (exact) mass is 1370 g/mol. The van der Waals surface area contributed by atoms with Crippen LogP contribution in [0, 0.1) is 0 Å². The molecule has 0 bridgehead atoms. The molecule has 0 saturated carbocycles. The second-order valence-electron chi connectivity index (χ2n) is 33.4. The maximum atomic E-state index is 2.62. The Kier molecular flexibility index (Phi) is 15.9. The maximum absolute atomic E-state index is 2.62. The van der Waals surface area contributed by atoms with Crippen LogP contribution < -0.4 is 52.4 Å². The van der Waals surface area contributed by atoms with Crippen molar-refractivity contribution < 1.29 is 0 Å². The third-order valence-corrected chi connectivity index (χ3v) is 23.1. The summed E-state index contributed by atoms with van der Waals surface area (Å²) in [7, 11) is 0. The molecule has 4 heterocycles. The van der Waals surface area contributed by atoms with Crippen molar-refractivity contribution >= 4 is 114 Å². The number of anilines is 12. The van der Waals surface area contributed by atoms with Gasteiger partial charge in [-0.3, -0.25) is 0 Å². The smallest absolute Gasteiger partial charge is 0.252 e. The fraction of sp³-hybridized carbons (Fsp3) is 0.160. The topological polar surface area (TPSA) is 13.0 Å². The third-order valence-electron chi connectivity index (χ3n) is 23.1. The molecule has 4 nitrogen and oxygen atoms in total. The maximum Gasteiger partial charge on any atom is 0.252 e. The summed E-state index contributed by atoms with van der Waals surface area (Å²) < 4.78 is 0. The van der Waals surface area contributed by atoms with Crippen molar-refractivity contribution in [2.45, 2.75) is 104 Å². The Balaban J connectivity index is 0.779. The van der Waals surface area contributed by atoms with E-state index < -0.39 is 0 Å². The van der Waals surface area contributed by atoms with Crippen LogP contribution in [-0.4, -0.2) is 13.4 Å². The predicted octanol–water partition coefficient (Wildman–Crippen LogP) is 22.9. The van der Waals surface area contributed by atoms with Crippen LogP contribution in [0.1, 0.15) is 104 Å². The zero-order chi connectivity index (χ0) is 72.5. The molecule has 0 spiro atoms. The number of hydrogen-bond donors (Lipinski definition) is 0. The number of nitrogens with zero attached hydrogens (tertiary/aromatic N) is 4. The van der Waals surface area contributed by atoms with Gasteiger partial charge in [0.05, 0.1) is 22.7 Å². The van der Waals surface area contributed by atoms with Gasteiger partial charge in [0, 0.05) is 67.8 Å². The molecule has 0 atom stereocenters. The van der Waals surface area contributed by atoms with Crippen LogP contribution in [0.2, 0.25) is 0 Å². The van der Waals surface area contributed by atoms with Gasteiger partial charge in [-0.1, -0.05) is 325 Å². The molecule has 4 aliphatic rings. The van der Waals surface area contributed by atoms with Crippen LogP contribution in [0.5, 0.6) is 0 Å². The molecule has 0 aliphatic carbocycles. The van der Waals surface area contributed by atoms with Gasteiger partial charge in [-0.05, 0) is 184 Å². The van der Waals surface area contributed by atoms with E-state index in [0.717, 1.165) is 29.2 Å². The fourth-order valence-corrected chi connectivity index (χ4v) is 17.7. The summed E-state index contributed by atoms with van der Waals surface area (Å²) in [6.07, 6.45) is 0.815. The SMILES string of the molecule is CC(C)(C)c1ccc2c(c1)B1c3cc(C(C)(C)Cc4cccc(-c5ccccc5N5c6cc(C(C)(C)C)ccc6B6c7ccc(C(C)(C)C)cc7N(c7ccccc7-c7ccccc7)c7cccc5c76)c4)ccc3N(c3ccccc3-c3ccccc3)c3cccc(c31)N2c1ccccc1-c1ccccc1. The highest BCUT2D eigenvalue weighted by molar-refractivity contribution is 7.01. The van der Waals surface area contributed by atoms with Crippen molar-refractivity contribution in [2.24, 2.45) is 0 Å². The predicted molar refractivity (Wildman–Crippen MR) is 456 cm³/mol. The van der Waals surface area contributed by atoms with Crippen LogP contribution in [0.15, 0.2) is 322 Å². The van der Waals surface area contributed by atoms with E-state index in [9.17, 15) is 0 Å². The quantitative estimate of drug-likeness (QED) is 0.120. The van der Waals surface area contributed by atoms with Crippen molar-refractivity contribution in [1.29, 1.82) is 0 Å². The van der Waals surface area contributed by atoms with Gasteiger partial charge in [0.15, 0.2) is 0 Å². The van der Waals surface area contributed by atoms with E-state index in [1.54, 1.807) is 0 Å². The van der Waals surface area contributed by atoms with Gasteiger partial charge >= 0.3 is 0 Å². The van der Waals surface area contributed by atoms with E-state index in [0.29, 0.717) is 0 Å². The summed E-state index contributed by atoms with van der Waals surface area (Å²) in [4.78, 5) is 10.4. The zero-order valence-corrected chi connectivity index (χ0v) is 62.8. The molecule has 0 N–H and O–H groups in total. The summed E-state index contributed by atoms with van der Waals surface area (Å²) in [6.45, 7) is 25.9. The lowest BCUT2D eigenvalue weighted by atomic mass is 9.33. The first-order valence-electron chi connectivity index (χ1n) is 37.9. The first kappa shape index (κ1) is 66.4. The van der Waals surface area contributed by atoms with Crippen LogP contribution >= 0.6 is 0 Å². The van der Waals surface area contributed by atoms with Gasteiger partial charge in [-0.25, -0.2) is 0 Å². The van der Waals surface area contributed by atoms with Gasteiger partial charge < -0.3 is 19.6 Å². The van der Waals surface area contributed by atoms with Crippen LogP contribution in [0.3, 0.4) is 0 Å². The molecule has 14 aromatic carbocycles. The number of fused-ring (bicyclic) bond motifs is 8. The van der Waals surface area contributed by atoms with E-state index in [4.69, 9.17) is 0 Å². The molecule has 0 unspecified atom stereocenters. The van der Waals surface area contributed by atoms with Crippen molar-refractivity contribution in [3.63, 3.8) is 0 Å². The Bertz CT molecular complexity index is 5760. The van der Waals surface area contributed by atoms with Crippen LogP contribution in [0.4, 0.5) is 68.2 Å². The molecule has 0 amide bonds. The summed E-state index contributed by atoms with van der Waals surface area (Å²) in [6, 6.07) is 122. The fourth-order valence-electron chi connectivity index (χ4n) is 17.7. The highest BCUT2D eigenvalue weighted by Crippen LogP contribution is 2.52. The van der Waals surface area contributed by atoms with E-state index in [2.05, 4.69) is 417 Å². The van der Waals surface area contributed by atoms with Crippen LogP contribution in [0.25, 0.3) is 44.5 Å². The van der Waals surface area contributed by atoms with E-state index in [1.165, 1.54) is 151 Å². The average Bonchev–Trinajstić information content (AvgIpc) is 0.700. The second kappa shape index (κ2) is 25.3. The Labute approximate surface area is 628 Å². The summed E-state index contributed by atoms with van der Waals surface area (Å²) in [5.74, 6) is 0. The minimum absolute atomic E-state index is 0.0205. The number of rotatable bonds is 11. The third kappa shape index (κ3) is 11.1. The minimum atomic E-state index is -0.312. The number of hydrogen-bond acceptors (Lipinski definition) is 4. The summed E-state index contributed by atoms with van der Waals surface area (Å²) in [5, 5.41) is 0. The number of benzene rings is 14. The lowest BCUT2D eigenvalue weighted by Gasteiger charge is -2.45. The minimum Gasteiger partial charge on any atom is -0.311 e. The van der Waals surface area contributed by atoms with Gasteiger partial charge in [-0.15, -0.1) is 0 Å². The Morgan fingerprint density at radius 2 is 0.509 bits per heavy atom. The Morgan fingerprint density at radius 1 is 0.217 bits per heavy atom. The molecule has 4 aliphatic heterocycles. The highest BCUT2D eigenvalue weighted by Gasteiger charge is 2.47. The molecule has 6 heteroatoms. The summed E-state index contributed by atoms with van der Waals surface area (Å²) >= 11 is 0. The van der Waals surface area contributed by atoms with Crippen molar-refractivity contribution in [3.05, 3.63) is 349 Å². The molecule has 14 aromatic rings. The first-order valence-corrected chi connectivity index (χ1v) is 37.9. The normalized spacial score (nSPS) is 13.5. The molecule has 106 heavy (non-hydrogen) atoms. The van der Waals surface area contributed by atoms with Gasteiger partial charge in [0.25, 0.3) is 13.4 Å². The second-order valence-corrected chi connectivity index (χ2v) is 33.4. The van der Waals surface area contributed by atoms with Crippen molar-refractivity contribution in [2.75, 3.05) is 19.6 Å². The molecule has 0 aromatic heterocycles. The summed E-state index contributed by atoms with van der Waals surface area (Å²) in [5.41, 5.74) is 37.6. The van der Waals surface area contributed by atoms with Crippen molar-refractivity contribution in [1.82, 2.24) is 0 Å². The van der Waals surface area contributed by atoms with E-state index in [1.807, 2.05) is 0 Å². The molecule has 18 rings (SSSR count). The van der Waals surface area contributed by atoms with Gasteiger partial charge in [0.2, 0.25) is 0 Å². The van der Waals surface area contributed by atoms with E-state index >= 15 is 0 Å². The van der Waals surface area contributed by atoms with Gasteiger partial charge in [-0.2, -0.15) is 0 Å². The standard InChI is InChI=1S/C100H88B2N4/c1-97(2,3)71-54-58-87-81(61-71)102-82-62-74(55-59-88(82)104(84-45-26-22-41-76(84)68-35-17-13-18-36-68)90-49-30-48-89(96(90)102)103(87)83-44-25-21-40-75(83)67-33-15-12-16-34-67)100(10,11)65-66-32-29-39-70(60-66)78-43-24-28-47-86(78)106-92-51-31-50-91-95(92)101(80-57-53-73(64-94(80)106)99(7,8)9)79-56-52-72(98(4,5)6)63-93(79)105(91)85-46-27-23-42-77(85)69-37-19-14-20-38-69/h12-64H,65H2,1-11H3. The zero-order valence-electron chi connectivity index (χ0n) is 62.8. The molecule has 0 saturated heterocycles. The molecular weight excluding hydrogens is 1280 g/mol. The Morgan fingerprint density at radius 3 is 0.906 bits per heavy atom. The van der Waals surface area contributed by atoms with E-state index in [-0.39, 0.29) is 35.1 Å². The van der Waals surface area contributed by atoms with Crippen LogP contribution in [-0.2, 0) is 28.1 Å². The highest BCUT2D eigenvalue weighted by atomic mass is 15.2. The largest absolute Gasteiger partial charge is 0.311 e. The molecule has 0 radical (unpaired) electrons. The number of para-hydroxylation sites is 4. The average molecular weight is 1370 g/mol. The molecule has 0 fully saturated rings. The lowest BCUT2D eigenvalue weighted by Crippen LogP contribution is -2.61. The Hall–Kier alpha value is -11.6.